The van der Waals surface area contributed by atoms with Crippen LogP contribution in [0.4, 0.5) is 5.82 Å². The highest BCUT2D eigenvalue weighted by molar-refractivity contribution is 5.49. The molecule has 1 heterocycles. The van der Waals surface area contributed by atoms with Crippen molar-refractivity contribution in [3.63, 3.8) is 0 Å². The van der Waals surface area contributed by atoms with Crippen LogP contribution in [0.2, 0.25) is 0 Å². The molecule has 1 N–H and O–H groups in total. The van der Waals surface area contributed by atoms with Crippen molar-refractivity contribution in [3.8, 4) is 0 Å². The van der Waals surface area contributed by atoms with Crippen molar-refractivity contribution in [3.05, 3.63) is 17.6 Å². The van der Waals surface area contributed by atoms with Crippen LogP contribution in [0.15, 0.2) is 6.33 Å². The number of aryl methyl sites for hydroxylation is 1. The van der Waals surface area contributed by atoms with Gasteiger partial charge in [0, 0.05) is 16.8 Å². The van der Waals surface area contributed by atoms with E-state index in [0.29, 0.717) is 0 Å². The monoisotopic (exact) mass is 205 g/mol. The molecule has 82 valence electrons. The van der Waals surface area contributed by atoms with Gasteiger partial charge in [-0.1, -0.05) is 6.92 Å². The standard InChI is InChI=1S/C12H19N3/c1-4-12(2,3)15-11-9-6-5-7-10(9)13-8-14-11/h8H,4-7H2,1-3H3,(H,13,14,15). The van der Waals surface area contributed by atoms with E-state index in [-0.39, 0.29) is 5.54 Å². The second-order valence-electron chi connectivity index (χ2n) is 4.86. The molecule has 1 aliphatic rings. The first-order valence-corrected chi connectivity index (χ1v) is 5.73. The van der Waals surface area contributed by atoms with E-state index in [1.54, 1.807) is 6.33 Å². The number of rotatable bonds is 3. The molecular weight excluding hydrogens is 186 g/mol. The molecule has 0 aromatic carbocycles. The Bertz CT molecular complexity index is 358. The normalized spacial score (nSPS) is 15.1. The summed E-state index contributed by atoms with van der Waals surface area (Å²) in [5, 5.41) is 3.52. The van der Waals surface area contributed by atoms with Crippen LogP contribution in [0.25, 0.3) is 0 Å². The maximum Gasteiger partial charge on any atom is 0.133 e. The van der Waals surface area contributed by atoms with Crippen molar-refractivity contribution in [2.75, 3.05) is 5.32 Å². The predicted molar refractivity (Wildman–Crippen MR) is 62.0 cm³/mol. The van der Waals surface area contributed by atoms with Gasteiger partial charge in [0.2, 0.25) is 0 Å². The zero-order chi connectivity index (χ0) is 10.9. The van der Waals surface area contributed by atoms with Gasteiger partial charge in [0.25, 0.3) is 0 Å². The molecule has 3 heteroatoms. The smallest absolute Gasteiger partial charge is 0.133 e. The number of hydrogen-bond donors (Lipinski definition) is 1. The molecule has 3 nitrogen and oxygen atoms in total. The fourth-order valence-electron chi connectivity index (χ4n) is 1.88. The SMILES string of the molecule is CCC(C)(C)Nc1ncnc2c1CCC2. The summed E-state index contributed by atoms with van der Waals surface area (Å²) in [5.41, 5.74) is 2.68. The van der Waals surface area contributed by atoms with E-state index in [9.17, 15) is 0 Å². The van der Waals surface area contributed by atoms with Crippen LogP contribution in [-0.4, -0.2) is 15.5 Å². The zero-order valence-corrected chi connectivity index (χ0v) is 9.80. The summed E-state index contributed by atoms with van der Waals surface area (Å²) in [6.07, 6.45) is 6.22. The largest absolute Gasteiger partial charge is 0.365 e. The molecule has 1 aromatic heterocycles. The van der Waals surface area contributed by atoms with Crippen LogP contribution >= 0.6 is 0 Å². The molecule has 0 radical (unpaired) electrons. The molecule has 0 unspecified atom stereocenters. The molecule has 0 fully saturated rings. The molecule has 0 spiro atoms. The van der Waals surface area contributed by atoms with Gasteiger partial charge in [-0.15, -0.1) is 0 Å². The highest BCUT2D eigenvalue weighted by Crippen LogP contribution is 2.27. The average Bonchev–Trinajstić information content (AvgIpc) is 2.66. The summed E-state index contributed by atoms with van der Waals surface area (Å²) in [7, 11) is 0. The van der Waals surface area contributed by atoms with Crippen LogP contribution in [-0.2, 0) is 12.8 Å². The molecule has 0 saturated heterocycles. The molecule has 0 aliphatic heterocycles. The fraction of sp³-hybridized carbons (Fsp3) is 0.667. The summed E-state index contributed by atoms with van der Waals surface area (Å²) in [5.74, 6) is 1.05. The van der Waals surface area contributed by atoms with Crippen molar-refractivity contribution in [1.82, 2.24) is 9.97 Å². The minimum Gasteiger partial charge on any atom is -0.365 e. The maximum atomic E-state index is 4.36. The quantitative estimate of drug-likeness (QED) is 0.824. The number of anilines is 1. The Kier molecular flexibility index (Phi) is 2.63. The first-order valence-electron chi connectivity index (χ1n) is 5.73. The minimum atomic E-state index is 0.116. The van der Waals surface area contributed by atoms with Crippen molar-refractivity contribution >= 4 is 5.82 Å². The number of nitrogens with one attached hydrogen (secondary N) is 1. The number of fused-ring (bicyclic) bond motifs is 1. The number of hydrogen-bond acceptors (Lipinski definition) is 3. The summed E-state index contributed by atoms with van der Waals surface area (Å²) in [6.45, 7) is 6.60. The van der Waals surface area contributed by atoms with E-state index in [1.807, 2.05) is 0 Å². The molecule has 0 saturated carbocycles. The average molecular weight is 205 g/mol. The highest BCUT2D eigenvalue weighted by Gasteiger charge is 2.21. The zero-order valence-electron chi connectivity index (χ0n) is 9.80. The maximum absolute atomic E-state index is 4.36. The topological polar surface area (TPSA) is 37.8 Å². The lowest BCUT2D eigenvalue weighted by molar-refractivity contribution is 0.544. The van der Waals surface area contributed by atoms with Gasteiger partial charge in [-0.05, 0) is 39.5 Å². The van der Waals surface area contributed by atoms with Crippen LogP contribution in [0.1, 0.15) is 44.9 Å². The van der Waals surface area contributed by atoms with Crippen LogP contribution in [0, 0.1) is 0 Å². The van der Waals surface area contributed by atoms with E-state index in [4.69, 9.17) is 0 Å². The van der Waals surface area contributed by atoms with E-state index in [0.717, 1.165) is 25.1 Å². The van der Waals surface area contributed by atoms with Crippen LogP contribution in [0.5, 0.6) is 0 Å². The third-order valence-corrected chi connectivity index (χ3v) is 3.22. The molecule has 1 aromatic rings. The lowest BCUT2D eigenvalue weighted by Crippen LogP contribution is -2.30. The van der Waals surface area contributed by atoms with Gasteiger partial charge in [-0.25, -0.2) is 9.97 Å². The Hall–Kier alpha value is -1.12. The predicted octanol–water partition coefficient (Wildman–Crippen LogP) is 2.57. The van der Waals surface area contributed by atoms with Crippen molar-refractivity contribution in [1.29, 1.82) is 0 Å². The number of aromatic nitrogens is 2. The van der Waals surface area contributed by atoms with E-state index >= 15 is 0 Å². The van der Waals surface area contributed by atoms with Crippen molar-refractivity contribution < 1.29 is 0 Å². The Morgan fingerprint density at radius 1 is 1.33 bits per heavy atom. The van der Waals surface area contributed by atoms with E-state index < -0.39 is 0 Å². The van der Waals surface area contributed by atoms with Crippen LogP contribution in [0.3, 0.4) is 0 Å². The van der Waals surface area contributed by atoms with Gasteiger partial charge >= 0.3 is 0 Å². The lowest BCUT2D eigenvalue weighted by atomic mass is 10.0. The molecular formula is C12H19N3. The first kappa shape index (κ1) is 10.4. The molecule has 0 amide bonds. The summed E-state index contributed by atoms with van der Waals surface area (Å²) >= 11 is 0. The molecule has 2 rings (SSSR count). The summed E-state index contributed by atoms with van der Waals surface area (Å²) < 4.78 is 0. The fourth-order valence-corrected chi connectivity index (χ4v) is 1.88. The van der Waals surface area contributed by atoms with E-state index in [2.05, 4.69) is 36.1 Å². The van der Waals surface area contributed by atoms with Gasteiger partial charge < -0.3 is 5.32 Å². The lowest BCUT2D eigenvalue weighted by Gasteiger charge is -2.26. The summed E-state index contributed by atoms with van der Waals surface area (Å²) in [6, 6.07) is 0. The summed E-state index contributed by atoms with van der Waals surface area (Å²) in [4.78, 5) is 8.69. The Labute approximate surface area is 91.3 Å². The van der Waals surface area contributed by atoms with Crippen molar-refractivity contribution in [2.45, 2.75) is 52.0 Å². The minimum absolute atomic E-state index is 0.116. The molecule has 0 atom stereocenters. The molecule has 0 bridgehead atoms. The molecule has 1 aliphatic carbocycles. The molecule has 15 heavy (non-hydrogen) atoms. The van der Waals surface area contributed by atoms with Crippen molar-refractivity contribution in [2.24, 2.45) is 0 Å². The second kappa shape index (κ2) is 3.80. The van der Waals surface area contributed by atoms with Gasteiger partial charge in [0.15, 0.2) is 0 Å². The Balaban J connectivity index is 2.26. The Morgan fingerprint density at radius 2 is 2.13 bits per heavy atom. The Morgan fingerprint density at radius 3 is 2.87 bits per heavy atom. The highest BCUT2D eigenvalue weighted by atomic mass is 15.1. The third-order valence-electron chi connectivity index (χ3n) is 3.22. The van der Waals surface area contributed by atoms with Gasteiger partial charge in [-0.3, -0.25) is 0 Å². The van der Waals surface area contributed by atoms with Gasteiger partial charge in [0.05, 0.1) is 0 Å². The number of nitrogens with zero attached hydrogens (tertiary/aromatic N) is 2. The first-order chi connectivity index (χ1) is 7.12. The van der Waals surface area contributed by atoms with Crippen LogP contribution < -0.4 is 5.32 Å². The van der Waals surface area contributed by atoms with Gasteiger partial charge in [-0.2, -0.15) is 0 Å². The van der Waals surface area contributed by atoms with Gasteiger partial charge in [0.1, 0.15) is 12.1 Å². The van der Waals surface area contributed by atoms with E-state index in [1.165, 1.54) is 17.7 Å². The second-order valence-corrected chi connectivity index (χ2v) is 4.86. The third kappa shape index (κ3) is 2.11.